The first-order valence-corrected chi connectivity index (χ1v) is 11.7. The number of amides is 2. The van der Waals surface area contributed by atoms with Gasteiger partial charge in [-0.25, -0.2) is 10.2 Å². The number of esters is 1. The molecule has 0 fully saturated rings. The number of para-hydroxylation sites is 1. The number of carbonyl (C=O) groups is 3. The van der Waals surface area contributed by atoms with Gasteiger partial charge in [-0.1, -0.05) is 35.9 Å². The molecule has 0 aliphatic carbocycles. The molecular weight excluding hydrogens is 500 g/mol. The van der Waals surface area contributed by atoms with Crippen LogP contribution in [-0.2, 0) is 0 Å². The van der Waals surface area contributed by atoms with Crippen LogP contribution in [0, 0.1) is 17.0 Å². The Morgan fingerprint density at radius 3 is 2.23 bits per heavy atom. The fraction of sp³-hybridized carbons (Fsp3) is 0.0345. The van der Waals surface area contributed by atoms with Gasteiger partial charge in [0.05, 0.1) is 16.7 Å². The van der Waals surface area contributed by atoms with Gasteiger partial charge in [-0.05, 0) is 61.5 Å². The van der Waals surface area contributed by atoms with Crippen LogP contribution in [0.2, 0.25) is 0 Å². The molecule has 0 saturated heterocycles. The van der Waals surface area contributed by atoms with Crippen LogP contribution in [0.5, 0.6) is 5.75 Å². The summed E-state index contributed by atoms with van der Waals surface area (Å²) in [4.78, 5) is 47.8. The van der Waals surface area contributed by atoms with Crippen molar-refractivity contribution in [3.8, 4) is 5.75 Å². The zero-order valence-corrected chi connectivity index (χ0v) is 20.7. The number of non-ortho nitro benzene ring substituents is 1. The minimum atomic E-state index is -0.553. The number of hydrogen-bond acceptors (Lipinski definition) is 7. The average molecular weight is 523 g/mol. The van der Waals surface area contributed by atoms with E-state index in [2.05, 4.69) is 15.8 Å². The normalized spacial score (nSPS) is 10.6. The molecule has 0 aliphatic rings. The number of ether oxygens (including phenoxy) is 1. The number of hydrogen-bond donors (Lipinski definition) is 2. The van der Waals surface area contributed by atoms with E-state index in [1.54, 1.807) is 54.6 Å². The van der Waals surface area contributed by atoms with Crippen molar-refractivity contribution < 1.29 is 24.0 Å². The number of nitrogens with zero attached hydrogens (tertiary/aromatic N) is 2. The Morgan fingerprint density at radius 1 is 0.821 bits per heavy atom. The Kier molecular flexibility index (Phi) is 8.17. The van der Waals surface area contributed by atoms with Gasteiger partial charge in [-0.3, -0.25) is 19.7 Å². The number of benzene rings is 4. The van der Waals surface area contributed by atoms with Crippen LogP contribution >= 0.6 is 0 Å². The molecule has 0 unspecified atom stereocenters. The molecule has 2 N–H and O–H groups in total. The monoisotopic (exact) mass is 522 g/mol. The molecule has 0 radical (unpaired) electrons. The van der Waals surface area contributed by atoms with Crippen molar-refractivity contribution in [1.82, 2.24) is 5.43 Å². The first-order valence-electron chi connectivity index (χ1n) is 11.7. The standard InChI is InChI=1S/C29H22N4O6/c1-19-9-11-21(12-10-19)29(36)39-26-8-3-2-5-23(26)18-30-32-28(35)22-6-4-7-24(17-22)31-27(34)20-13-15-25(16-14-20)33(37)38/h2-18H,1H3,(H,31,34)(H,32,35). The largest absolute Gasteiger partial charge is 0.422 e. The summed E-state index contributed by atoms with van der Waals surface area (Å²) in [6.07, 6.45) is 1.36. The summed E-state index contributed by atoms with van der Waals surface area (Å²) in [5, 5.41) is 17.4. The van der Waals surface area contributed by atoms with Gasteiger partial charge in [0, 0.05) is 34.5 Å². The Labute approximate surface area is 223 Å². The molecule has 0 aromatic heterocycles. The van der Waals surface area contributed by atoms with E-state index in [1.165, 1.54) is 36.5 Å². The van der Waals surface area contributed by atoms with E-state index >= 15 is 0 Å². The number of aryl methyl sites for hydroxylation is 1. The third-order valence-electron chi connectivity index (χ3n) is 5.50. The summed E-state index contributed by atoms with van der Waals surface area (Å²) in [6, 6.07) is 25.1. The molecule has 0 atom stereocenters. The van der Waals surface area contributed by atoms with E-state index in [0.29, 0.717) is 16.8 Å². The third kappa shape index (κ3) is 6.98. The van der Waals surface area contributed by atoms with Crippen molar-refractivity contribution in [2.45, 2.75) is 6.92 Å². The molecule has 4 aromatic rings. The van der Waals surface area contributed by atoms with Crippen LogP contribution in [-0.4, -0.2) is 28.9 Å². The first kappa shape index (κ1) is 26.4. The molecule has 4 aromatic carbocycles. The third-order valence-corrected chi connectivity index (χ3v) is 5.50. The zero-order valence-electron chi connectivity index (χ0n) is 20.7. The summed E-state index contributed by atoms with van der Waals surface area (Å²) >= 11 is 0. The van der Waals surface area contributed by atoms with E-state index in [-0.39, 0.29) is 22.6 Å². The molecule has 194 valence electrons. The number of nitro benzene ring substituents is 1. The van der Waals surface area contributed by atoms with Crippen molar-refractivity contribution >= 4 is 35.4 Å². The van der Waals surface area contributed by atoms with Gasteiger partial charge >= 0.3 is 5.97 Å². The van der Waals surface area contributed by atoms with Crippen molar-refractivity contribution in [2.75, 3.05) is 5.32 Å². The van der Waals surface area contributed by atoms with E-state index in [0.717, 1.165) is 5.56 Å². The molecule has 4 rings (SSSR count). The molecule has 10 nitrogen and oxygen atoms in total. The maximum atomic E-state index is 12.6. The van der Waals surface area contributed by atoms with Gasteiger partial charge in [0.1, 0.15) is 5.75 Å². The highest BCUT2D eigenvalue weighted by atomic mass is 16.6. The molecule has 0 spiro atoms. The Balaban J connectivity index is 1.39. The van der Waals surface area contributed by atoms with Crippen LogP contribution < -0.4 is 15.5 Å². The van der Waals surface area contributed by atoms with Gasteiger partial charge in [-0.15, -0.1) is 0 Å². The fourth-order valence-corrected chi connectivity index (χ4v) is 3.43. The van der Waals surface area contributed by atoms with Crippen LogP contribution in [0.4, 0.5) is 11.4 Å². The second-order valence-corrected chi connectivity index (χ2v) is 8.33. The summed E-state index contributed by atoms with van der Waals surface area (Å²) in [5.41, 5.74) is 4.98. The lowest BCUT2D eigenvalue weighted by Gasteiger charge is -2.08. The lowest BCUT2D eigenvalue weighted by atomic mass is 10.1. The highest BCUT2D eigenvalue weighted by Crippen LogP contribution is 2.19. The fourth-order valence-electron chi connectivity index (χ4n) is 3.43. The summed E-state index contributed by atoms with van der Waals surface area (Å²) < 4.78 is 5.50. The minimum absolute atomic E-state index is 0.127. The quantitative estimate of drug-likeness (QED) is 0.108. The Hall–Kier alpha value is -5.64. The summed E-state index contributed by atoms with van der Waals surface area (Å²) in [7, 11) is 0. The van der Waals surface area contributed by atoms with Gasteiger partial charge in [-0.2, -0.15) is 5.10 Å². The molecule has 0 heterocycles. The number of nitrogens with one attached hydrogen (secondary N) is 2. The highest BCUT2D eigenvalue weighted by Gasteiger charge is 2.13. The Morgan fingerprint density at radius 2 is 1.51 bits per heavy atom. The van der Waals surface area contributed by atoms with Crippen molar-refractivity contribution in [1.29, 1.82) is 0 Å². The van der Waals surface area contributed by atoms with Gasteiger partial charge in [0.25, 0.3) is 17.5 Å². The molecule has 0 bridgehead atoms. The summed E-state index contributed by atoms with van der Waals surface area (Å²) in [5.74, 6) is -1.27. The van der Waals surface area contributed by atoms with Crippen LogP contribution in [0.15, 0.2) is 102 Å². The van der Waals surface area contributed by atoms with Crippen molar-refractivity contribution in [2.24, 2.45) is 5.10 Å². The second-order valence-electron chi connectivity index (χ2n) is 8.33. The molecule has 0 aliphatic heterocycles. The predicted molar refractivity (Wildman–Crippen MR) is 145 cm³/mol. The van der Waals surface area contributed by atoms with Gasteiger partial charge in [0.2, 0.25) is 0 Å². The predicted octanol–water partition coefficient (Wildman–Crippen LogP) is 5.14. The van der Waals surface area contributed by atoms with Gasteiger partial charge in [0.15, 0.2) is 0 Å². The van der Waals surface area contributed by atoms with Crippen LogP contribution in [0.1, 0.15) is 42.2 Å². The van der Waals surface area contributed by atoms with Gasteiger partial charge < -0.3 is 10.1 Å². The minimum Gasteiger partial charge on any atom is -0.422 e. The van der Waals surface area contributed by atoms with Crippen LogP contribution in [0.25, 0.3) is 0 Å². The number of nitro groups is 1. The van der Waals surface area contributed by atoms with E-state index in [4.69, 9.17) is 4.74 Å². The SMILES string of the molecule is Cc1ccc(C(=O)Oc2ccccc2C=NNC(=O)c2cccc(NC(=O)c3ccc([N+](=O)[O-])cc3)c2)cc1. The van der Waals surface area contributed by atoms with Crippen molar-refractivity contribution in [3.63, 3.8) is 0 Å². The molecule has 39 heavy (non-hydrogen) atoms. The lowest BCUT2D eigenvalue weighted by Crippen LogP contribution is -2.18. The molecule has 2 amide bonds. The van der Waals surface area contributed by atoms with E-state index in [9.17, 15) is 24.5 Å². The number of anilines is 1. The maximum absolute atomic E-state index is 12.6. The lowest BCUT2D eigenvalue weighted by molar-refractivity contribution is -0.384. The average Bonchev–Trinajstić information content (AvgIpc) is 2.94. The second kappa shape index (κ2) is 12.1. The topological polar surface area (TPSA) is 140 Å². The Bertz CT molecular complexity index is 1560. The van der Waals surface area contributed by atoms with Crippen molar-refractivity contribution in [3.05, 3.63) is 135 Å². The number of carbonyl (C=O) groups excluding carboxylic acids is 3. The molecule has 0 saturated carbocycles. The van der Waals surface area contributed by atoms with Crippen LogP contribution in [0.3, 0.4) is 0 Å². The number of rotatable bonds is 8. The highest BCUT2D eigenvalue weighted by molar-refractivity contribution is 6.05. The van der Waals surface area contributed by atoms with E-state index in [1.807, 2.05) is 19.1 Å². The molecular formula is C29H22N4O6. The first-order chi connectivity index (χ1) is 18.8. The smallest absolute Gasteiger partial charge is 0.343 e. The number of hydrazone groups is 1. The zero-order chi connectivity index (χ0) is 27.8. The maximum Gasteiger partial charge on any atom is 0.343 e. The summed E-state index contributed by atoms with van der Waals surface area (Å²) in [6.45, 7) is 1.92. The molecule has 10 heteroatoms. The van der Waals surface area contributed by atoms with E-state index < -0.39 is 22.7 Å².